The van der Waals surface area contributed by atoms with E-state index in [0.717, 1.165) is 88.9 Å². The number of piperidine rings is 3. The Morgan fingerprint density at radius 2 is 1.69 bits per heavy atom. The van der Waals surface area contributed by atoms with Crippen molar-refractivity contribution in [2.45, 2.75) is 83.2 Å². The fourth-order valence-corrected chi connectivity index (χ4v) is 8.69. The number of unbranched alkanes of at least 4 members (excludes halogenated alkanes) is 1. The Morgan fingerprint density at radius 3 is 2.33 bits per heavy atom. The van der Waals surface area contributed by atoms with E-state index in [9.17, 15) is 13.2 Å². The second-order valence-corrected chi connectivity index (χ2v) is 14.2. The summed E-state index contributed by atoms with van der Waals surface area (Å²) in [7, 11) is -3.58. The van der Waals surface area contributed by atoms with Gasteiger partial charge in [-0.1, -0.05) is 25.8 Å². The fraction of sp³-hybridized carbons (Fsp3) is 0.677. The van der Waals surface area contributed by atoms with E-state index in [1.165, 1.54) is 6.33 Å². The second kappa shape index (κ2) is 13.3. The van der Waals surface area contributed by atoms with Crippen molar-refractivity contribution in [2.24, 2.45) is 11.3 Å². The molecule has 1 unspecified atom stereocenters. The van der Waals surface area contributed by atoms with Gasteiger partial charge in [0, 0.05) is 38.4 Å². The molecule has 1 amide bonds. The van der Waals surface area contributed by atoms with E-state index in [1.807, 2.05) is 18.7 Å². The van der Waals surface area contributed by atoms with Crippen LogP contribution < -0.4 is 4.74 Å². The first-order chi connectivity index (χ1) is 20.2. The van der Waals surface area contributed by atoms with Gasteiger partial charge in [-0.3, -0.25) is 4.79 Å². The molecular formula is C31H46N6O4S. The zero-order valence-corrected chi connectivity index (χ0v) is 26.2. The molecule has 1 spiro atoms. The maximum atomic E-state index is 13.4. The summed E-state index contributed by atoms with van der Waals surface area (Å²) in [6.07, 6.45) is 11.5. The summed E-state index contributed by atoms with van der Waals surface area (Å²) >= 11 is 0. The quantitative estimate of drug-likeness (QED) is 0.429. The lowest BCUT2D eigenvalue weighted by Gasteiger charge is -2.53. The molecule has 11 heteroatoms. The summed E-state index contributed by atoms with van der Waals surface area (Å²) in [5.41, 5.74) is 1.69. The number of carbonyl (C=O) groups is 1. The summed E-state index contributed by atoms with van der Waals surface area (Å²) in [5, 5.41) is 0.153. The van der Waals surface area contributed by atoms with Crippen LogP contribution in [0, 0.1) is 25.2 Å². The fourth-order valence-electron chi connectivity index (χ4n) is 7.27. The number of amides is 1. The number of rotatable bonds is 9. The van der Waals surface area contributed by atoms with Crippen molar-refractivity contribution in [3.8, 4) is 5.75 Å². The van der Waals surface area contributed by atoms with Gasteiger partial charge in [0.25, 0.3) is 15.9 Å². The molecule has 1 atom stereocenters. The molecule has 0 aromatic carbocycles. The van der Waals surface area contributed by atoms with E-state index in [-0.39, 0.29) is 23.0 Å². The predicted molar refractivity (Wildman–Crippen MR) is 160 cm³/mol. The number of sulfonamides is 1. The van der Waals surface area contributed by atoms with Gasteiger partial charge in [-0.25, -0.2) is 23.4 Å². The second-order valence-electron chi connectivity index (χ2n) is 12.3. The predicted octanol–water partition coefficient (Wildman–Crippen LogP) is 3.84. The lowest BCUT2D eigenvalue weighted by molar-refractivity contribution is -0.135. The first-order valence-electron chi connectivity index (χ1n) is 15.6. The summed E-state index contributed by atoms with van der Waals surface area (Å²) in [5.74, 6) is 0.980. The molecule has 0 N–H and O–H groups in total. The number of hydrogen-bond acceptors (Lipinski definition) is 8. The number of aryl methyl sites for hydroxylation is 2. The molecule has 3 aliphatic rings. The standard InChI is InChI=1S/C31H46N6O4S/c1-4-5-8-26-21-37(42(39,40)28-9-6-7-15-32-28)20-14-31(26)12-18-35(19-13-31)27-10-16-36(17-11-27)29(38)22-41-30-24(2)33-23-34-25(30)3/h6-7,9,15,23,26-27H,4-5,8,10-14,16-22H2,1-3H3. The van der Waals surface area contributed by atoms with Crippen molar-refractivity contribution in [3.05, 3.63) is 42.1 Å². The molecule has 0 bridgehead atoms. The van der Waals surface area contributed by atoms with E-state index in [1.54, 1.807) is 28.7 Å². The van der Waals surface area contributed by atoms with Crippen LogP contribution in [-0.4, -0.2) is 95.3 Å². The largest absolute Gasteiger partial charge is 0.480 e. The van der Waals surface area contributed by atoms with Crippen LogP contribution in [0.3, 0.4) is 0 Å². The van der Waals surface area contributed by atoms with Crippen LogP contribution in [0.15, 0.2) is 35.7 Å². The molecular weight excluding hydrogens is 552 g/mol. The monoisotopic (exact) mass is 598 g/mol. The van der Waals surface area contributed by atoms with Gasteiger partial charge in [-0.15, -0.1) is 0 Å². The maximum Gasteiger partial charge on any atom is 0.260 e. The average molecular weight is 599 g/mol. The topological polar surface area (TPSA) is 109 Å². The van der Waals surface area contributed by atoms with Crippen molar-refractivity contribution >= 4 is 15.9 Å². The van der Waals surface area contributed by atoms with Crippen molar-refractivity contribution < 1.29 is 17.9 Å². The third kappa shape index (κ3) is 6.63. The van der Waals surface area contributed by atoms with Gasteiger partial charge in [0.15, 0.2) is 17.4 Å². The highest BCUT2D eigenvalue weighted by Crippen LogP contribution is 2.48. The minimum Gasteiger partial charge on any atom is -0.480 e. The molecule has 5 rings (SSSR count). The van der Waals surface area contributed by atoms with Crippen LogP contribution in [0.25, 0.3) is 0 Å². The molecule has 0 radical (unpaired) electrons. The van der Waals surface area contributed by atoms with Gasteiger partial charge >= 0.3 is 0 Å². The number of likely N-dealkylation sites (tertiary alicyclic amines) is 2. The van der Waals surface area contributed by atoms with Gasteiger partial charge < -0.3 is 14.5 Å². The van der Waals surface area contributed by atoms with Gasteiger partial charge in [-0.05, 0) is 88.9 Å². The number of pyridine rings is 1. The van der Waals surface area contributed by atoms with Gasteiger partial charge in [0.1, 0.15) is 6.33 Å². The van der Waals surface area contributed by atoms with Crippen LogP contribution in [0.1, 0.15) is 69.7 Å². The van der Waals surface area contributed by atoms with Gasteiger partial charge in [-0.2, -0.15) is 4.31 Å². The van der Waals surface area contributed by atoms with Crippen molar-refractivity contribution in [3.63, 3.8) is 0 Å². The average Bonchev–Trinajstić information content (AvgIpc) is 3.01. The summed E-state index contributed by atoms with van der Waals surface area (Å²) in [6, 6.07) is 5.58. The molecule has 3 fully saturated rings. The van der Waals surface area contributed by atoms with E-state index in [2.05, 4.69) is 26.8 Å². The Balaban J connectivity index is 1.13. The van der Waals surface area contributed by atoms with Crippen molar-refractivity contribution in [2.75, 3.05) is 45.9 Å². The van der Waals surface area contributed by atoms with Crippen LogP contribution in [0.5, 0.6) is 5.75 Å². The smallest absolute Gasteiger partial charge is 0.260 e. The Labute approximate surface area is 250 Å². The first-order valence-corrected chi connectivity index (χ1v) is 17.0. The number of nitrogens with zero attached hydrogens (tertiary/aromatic N) is 6. The molecule has 2 aromatic rings. The molecule has 0 aliphatic carbocycles. The summed E-state index contributed by atoms with van der Waals surface area (Å²) in [6.45, 7) is 10.7. The normalized spacial score (nSPS) is 22.4. The third-order valence-electron chi connectivity index (χ3n) is 9.92. The zero-order valence-electron chi connectivity index (χ0n) is 25.4. The van der Waals surface area contributed by atoms with Crippen LogP contribution in [0.2, 0.25) is 0 Å². The number of carbonyl (C=O) groups excluding carboxylic acids is 1. The minimum atomic E-state index is -3.58. The van der Waals surface area contributed by atoms with Crippen LogP contribution in [-0.2, 0) is 14.8 Å². The maximum absolute atomic E-state index is 13.4. The zero-order chi connectivity index (χ0) is 29.7. The Bertz CT molecular complexity index is 1290. The lowest BCUT2D eigenvalue weighted by Crippen LogP contribution is -2.56. The molecule has 0 saturated carbocycles. The Hall–Kier alpha value is -2.63. The Morgan fingerprint density at radius 1 is 1.00 bits per heavy atom. The highest BCUT2D eigenvalue weighted by molar-refractivity contribution is 7.89. The van der Waals surface area contributed by atoms with Crippen LogP contribution in [0.4, 0.5) is 0 Å². The molecule has 5 heterocycles. The van der Waals surface area contributed by atoms with Gasteiger partial charge in [0.2, 0.25) is 0 Å². The Kier molecular flexibility index (Phi) is 9.79. The first kappa shape index (κ1) is 30.8. The molecule has 10 nitrogen and oxygen atoms in total. The number of ether oxygens (including phenoxy) is 1. The summed E-state index contributed by atoms with van der Waals surface area (Å²) in [4.78, 5) is 29.9. The third-order valence-corrected chi connectivity index (χ3v) is 11.7. The molecule has 42 heavy (non-hydrogen) atoms. The molecule has 2 aromatic heterocycles. The van der Waals surface area contributed by atoms with E-state index < -0.39 is 10.0 Å². The SMILES string of the molecule is CCCCC1CN(S(=O)(=O)c2ccccn2)CCC12CCN(C1CCN(C(=O)COc3c(C)ncnc3C)CC1)CC2. The molecule has 230 valence electrons. The van der Waals surface area contributed by atoms with E-state index in [0.29, 0.717) is 30.8 Å². The molecule has 3 saturated heterocycles. The number of aromatic nitrogens is 3. The van der Waals surface area contributed by atoms with Gasteiger partial charge in [0.05, 0.1) is 11.4 Å². The summed E-state index contributed by atoms with van der Waals surface area (Å²) < 4.78 is 34.2. The highest BCUT2D eigenvalue weighted by atomic mass is 32.2. The van der Waals surface area contributed by atoms with Crippen molar-refractivity contribution in [1.29, 1.82) is 0 Å². The molecule has 3 aliphatic heterocycles. The lowest BCUT2D eigenvalue weighted by atomic mass is 9.63. The number of hydrogen-bond donors (Lipinski definition) is 0. The minimum absolute atomic E-state index is 0.0121. The highest BCUT2D eigenvalue weighted by Gasteiger charge is 2.47. The van der Waals surface area contributed by atoms with E-state index in [4.69, 9.17) is 4.74 Å². The van der Waals surface area contributed by atoms with Crippen molar-refractivity contribution in [1.82, 2.24) is 29.1 Å². The van der Waals surface area contributed by atoms with E-state index >= 15 is 0 Å². The van der Waals surface area contributed by atoms with Crippen LogP contribution >= 0.6 is 0 Å².